The van der Waals surface area contributed by atoms with Crippen molar-refractivity contribution in [3.63, 3.8) is 0 Å². The summed E-state index contributed by atoms with van der Waals surface area (Å²) in [6, 6.07) is 0. The van der Waals surface area contributed by atoms with Crippen molar-refractivity contribution in [2.45, 2.75) is 19.8 Å². The number of nitrogens with one attached hydrogen (secondary N) is 1. The van der Waals surface area contributed by atoms with Crippen LogP contribution in [0.2, 0.25) is 0 Å². The van der Waals surface area contributed by atoms with Crippen LogP contribution in [0.1, 0.15) is 31.3 Å². The first kappa shape index (κ1) is 11.4. The van der Waals surface area contributed by atoms with Gasteiger partial charge in [-0.25, -0.2) is 13.0 Å². The van der Waals surface area contributed by atoms with Crippen LogP contribution in [0.25, 0.3) is 6.08 Å². The van der Waals surface area contributed by atoms with Gasteiger partial charge in [-0.15, -0.1) is 0 Å². The number of H-pyrrole nitrogens is 1. The molecule has 0 saturated carbocycles. The molecule has 0 amide bonds. The zero-order chi connectivity index (χ0) is 8.27. The quantitative estimate of drug-likeness (QED) is 0.729. The number of imidazole rings is 1. The summed E-state index contributed by atoms with van der Waals surface area (Å²) in [5.74, 6) is 1.39. The first-order valence-electron chi connectivity index (χ1n) is 3.74. The Bertz CT molecular complexity index is 251. The number of hydrogen-bond donors (Lipinski definition) is 1. The molecule has 3 heteroatoms. The van der Waals surface area contributed by atoms with Crippen molar-refractivity contribution in [1.29, 1.82) is 0 Å². The zero-order valence-electron chi connectivity index (χ0n) is 7.41. The van der Waals surface area contributed by atoms with Crippen molar-refractivity contribution >= 4 is 6.08 Å². The molecule has 0 unspecified atom stereocenters. The van der Waals surface area contributed by atoms with E-state index in [1.807, 2.05) is 12.3 Å². The minimum Gasteiger partial charge on any atom is -0.357 e. The Morgan fingerprint density at radius 2 is 2.25 bits per heavy atom. The number of aromatic nitrogens is 2. The number of rotatable bonds is 2. The molecule has 1 heterocycles. The smallest absolute Gasteiger partial charge is 0.0469 e. The largest absolute Gasteiger partial charge is 0.357 e. The second-order valence-corrected chi connectivity index (χ2v) is 2.78. The minimum atomic E-state index is 0. The van der Waals surface area contributed by atoms with Gasteiger partial charge in [-0.1, -0.05) is 13.8 Å². The van der Waals surface area contributed by atoms with E-state index in [1.165, 1.54) is 0 Å². The molecule has 0 spiro atoms. The maximum absolute atomic E-state index is 4.14. The summed E-state index contributed by atoms with van der Waals surface area (Å²) in [5.41, 5.74) is 1.16. The molecule has 0 aliphatic heterocycles. The summed E-state index contributed by atoms with van der Waals surface area (Å²) in [6.45, 7) is 7.85. The average molecular weight is 200 g/mol. The molecule has 1 radical (unpaired) electrons. The van der Waals surface area contributed by atoms with Gasteiger partial charge >= 0.3 is 0 Å². The number of nitrogens with zero attached hydrogens (tertiary/aromatic N) is 1. The predicted molar refractivity (Wildman–Crippen MR) is 47.1 cm³/mol. The van der Waals surface area contributed by atoms with Crippen LogP contribution < -0.4 is 0 Å². The number of allylic oxidation sites excluding steroid dienone is 1. The number of hydrogen-bond acceptors (Lipinski definition) is 1. The van der Waals surface area contributed by atoms with E-state index in [2.05, 4.69) is 30.7 Å². The van der Waals surface area contributed by atoms with Gasteiger partial charge in [0.25, 0.3) is 0 Å². The summed E-state index contributed by atoms with van der Waals surface area (Å²) in [6.07, 6.45) is 5.44. The molecule has 0 saturated heterocycles. The van der Waals surface area contributed by atoms with E-state index in [0.717, 1.165) is 11.5 Å². The zero-order valence-corrected chi connectivity index (χ0v) is 8.81. The van der Waals surface area contributed by atoms with Crippen LogP contribution in [0.5, 0.6) is 0 Å². The van der Waals surface area contributed by atoms with Gasteiger partial charge in [-0.3, -0.25) is 4.98 Å². The third kappa shape index (κ3) is 2.80. The van der Waals surface area contributed by atoms with Crippen LogP contribution in [-0.4, -0.2) is 9.97 Å². The Hall–Kier alpha value is -0.596. The Morgan fingerprint density at radius 1 is 1.58 bits per heavy atom. The van der Waals surface area contributed by atoms with Crippen LogP contribution in [0, 0.1) is 6.92 Å². The van der Waals surface area contributed by atoms with Crippen molar-refractivity contribution in [2.24, 2.45) is 0 Å². The van der Waals surface area contributed by atoms with E-state index in [-0.39, 0.29) is 18.6 Å². The Kier molecular flexibility index (Phi) is 4.87. The standard InChI is InChI=1S/C9H13N2.V/c1-4-5-9-10-6-8(11-9)7(2)3;/h4-7H,1H2,2-3H3,(H,10,11);/q-1;/b5-4-;. The molecule has 65 valence electrons. The van der Waals surface area contributed by atoms with Gasteiger partial charge in [0.15, 0.2) is 0 Å². The van der Waals surface area contributed by atoms with E-state index in [9.17, 15) is 0 Å². The second-order valence-electron chi connectivity index (χ2n) is 2.78. The van der Waals surface area contributed by atoms with Crippen molar-refractivity contribution in [3.8, 4) is 0 Å². The van der Waals surface area contributed by atoms with E-state index < -0.39 is 0 Å². The molecule has 0 atom stereocenters. The summed E-state index contributed by atoms with van der Waals surface area (Å²) < 4.78 is 0. The molecule has 0 aromatic carbocycles. The van der Waals surface area contributed by atoms with Gasteiger partial charge in [0, 0.05) is 36.3 Å². The van der Waals surface area contributed by atoms with E-state index in [1.54, 1.807) is 6.08 Å². The third-order valence-corrected chi connectivity index (χ3v) is 1.51. The van der Waals surface area contributed by atoms with E-state index >= 15 is 0 Å². The Labute approximate surface area is 85.4 Å². The van der Waals surface area contributed by atoms with Gasteiger partial charge in [0.2, 0.25) is 0 Å². The molecule has 1 rings (SSSR count). The fourth-order valence-electron chi connectivity index (χ4n) is 0.841. The van der Waals surface area contributed by atoms with Gasteiger partial charge in [-0.05, 0) is 5.92 Å². The first-order valence-corrected chi connectivity index (χ1v) is 3.74. The molecule has 1 aromatic rings. The van der Waals surface area contributed by atoms with E-state index in [0.29, 0.717) is 5.92 Å². The van der Waals surface area contributed by atoms with Crippen molar-refractivity contribution in [3.05, 3.63) is 30.7 Å². The molecule has 2 nitrogen and oxygen atoms in total. The molecule has 1 N–H and O–H groups in total. The van der Waals surface area contributed by atoms with Gasteiger partial charge < -0.3 is 4.98 Å². The monoisotopic (exact) mass is 200 g/mol. The molecule has 0 bridgehead atoms. The third-order valence-electron chi connectivity index (χ3n) is 1.51. The van der Waals surface area contributed by atoms with Gasteiger partial charge in [0.05, 0.1) is 0 Å². The molecule has 12 heavy (non-hydrogen) atoms. The normalized spacial score (nSPS) is 10.6. The maximum atomic E-state index is 4.14. The van der Waals surface area contributed by atoms with Crippen LogP contribution in [0.3, 0.4) is 0 Å². The average Bonchev–Trinajstić information content (AvgIpc) is 2.37. The fraction of sp³-hybridized carbons (Fsp3) is 0.333. The maximum Gasteiger partial charge on any atom is 0.0469 e. The summed E-state index contributed by atoms with van der Waals surface area (Å²) >= 11 is 0. The van der Waals surface area contributed by atoms with Crippen molar-refractivity contribution < 1.29 is 18.6 Å². The Morgan fingerprint density at radius 3 is 2.67 bits per heavy atom. The van der Waals surface area contributed by atoms with Crippen LogP contribution >= 0.6 is 0 Å². The van der Waals surface area contributed by atoms with Crippen molar-refractivity contribution in [2.75, 3.05) is 0 Å². The first-order chi connectivity index (χ1) is 5.24. The van der Waals surface area contributed by atoms with Crippen LogP contribution in [0.15, 0.2) is 12.3 Å². The van der Waals surface area contributed by atoms with Crippen LogP contribution in [-0.2, 0) is 18.6 Å². The minimum absolute atomic E-state index is 0. The molecule has 0 aliphatic rings. The predicted octanol–water partition coefficient (Wildman–Crippen LogP) is 2.38. The van der Waals surface area contributed by atoms with Crippen molar-refractivity contribution in [1.82, 2.24) is 9.97 Å². The van der Waals surface area contributed by atoms with Gasteiger partial charge in [-0.2, -0.15) is 6.08 Å². The number of aromatic amines is 1. The summed E-state index contributed by atoms with van der Waals surface area (Å²) in [7, 11) is 0. The molecule has 0 aliphatic carbocycles. The summed E-state index contributed by atoms with van der Waals surface area (Å²) in [5, 5.41) is 0. The topological polar surface area (TPSA) is 28.7 Å². The summed E-state index contributed by atoms with van der Waals surface area (Å²) in [4.78, 5) is 7.32. The SMILES string of the molecule is [CH2-]/C=C\c1ncc(C(C)C)[nH]1.[V]. The molecule has 0 fully saturated rings. The Balaban J connectivity index is 0.00000121. The van der Waals surface area contributed by atoms with Gasteiger partial charge in [0.1, 0.15) is 0 Å². The van der Waals surface area contributed by atoms with Crippen LogP contribution in [0.4, 0.5) is 0 Å². The molecule has 1 aromatic heterocycles. The fourth-order valence-corrected chi connectivity index (χ4v) is 0.841. The second kappa shape index (κ2) is 5.12. The van der Waals surface area contributed by atoms with E-state index in [4.69, 9.17) is 0 Å². The molecular formula is C9H13N2V-. The molecular weight excluding hydrogens is 187 g/mol.